The summed E-state index contributed by atoms with van der Waals surface area (Å²) in [6.45, 7) is 1.58. The Kier molecular flexibility index (Phi) is 4.62. The number of alkyl halides is 3. The van der Waals surface area contributed by atoms with Crippen molar-refractivity contribution in [1.29, 1.82) is 0 Å². The van der Waals surface area contributed by atoms with Crippen molar-refractivity contribution in [2.75, 3.05) is 20.1 Å². The molecule has 2 N–H and O–H groups in total. The van der Waals surface area contributed by atoms with Crippen molar-refractivity contribution >= 4 is 6.03 Å². The fourth-order valence-electron chi connectivity index (χ4n) is 1.84. The molecule has 1 aliphatic heterocycles. The van der Waals surface area contributed by atoms with Crippen LogP contribution in [0.15, 0.2) is 0 Å². The van der Waals surface area contributed by atoms with Gasteiger partial charge in [-0.3, -0.25) is 0 Å². The molecule has 1 fully saturated rings. The maximum absolute atomic E-state index is 11.9. The average Bonchev–Trinajstić information content (AvgIpc) is 2.20. The highest BCUT2D eigenvalue weighted by atomic mass is 19.4. The molecule has 0 aromatic rings. The van der Waals surface area contributed by atoms with Gasteiger partial charge in [0, 0.05) is 18.6 Å². The SMILES string of the molecule is CC1CC(NC(=O)NCC(F)(F)F)CCN1C. The zero-order chi connectivity index (χ0) is 13.1. The number of carbonyl (C=O) groups excluding carboxylic acids is 1. The van der Waals surface area contributed by atoms with Crippen LogP contribution in [0.4, 0.5) is 18.0 Å². The third kappa shape index (κ3) is 5.25. The van der Waals surface area contributed by atoms with E-state index in [0.29, 0.717) is 6.04 Å². The number of hydrogen-bond acceptors (Lipinski definition) is 2. The zero-order valence-electron chi connectivity index (χ0n) is 9.97. The van der Waals surface area contributed by atoms with Gasteiger partial charge in [-0.15, -0.1) is 0 Å². The number of rotatable bonds is 2. The number of likely N-dealkylation sites (tertiary alicyclic amines) is 1. The number of halogens is 3. The lowest BCUT2D eigenvalue weighted by Gasteiger charge is -2.35. The fourth-order valence-corrected chi connectivity index (χ4v) is 1.84. The van der Waals surface area contributed by atoms with Crippen molar-refractivity contribution < 1.29 is 18.0 Å². The quantitative estimate of drug-likeness (QED) is 0.779. The van der Waals surface area contributed by atoms with Gasteiger partial charge in [0.1, 0.15) is 6.54 Å². The van der Waals surface area contributed by atoms with Crippen LogP contribution in [0.3, 0.4) is 0 Å². The summed E-state index contributed by atoms with van der Waals surface area (Å²) in [6, 6.07) is -0.463. The lowest BCUT2D eigenvalue weighted by molar-refractivity contribution is -0.122. The molecule has 0 bridgehead atoms. The van der Waals surface area contributed by atoms with E-state index in [4.69, 9.17) is 0 Å². The fraction of sp³-hybridized carbons (Fsp3) is 0.900. The number of piperidine rings is 1. The molecule has 0 saturated carbocycles. The molecule has 0 aromatic carbocycles. The summed E-state index contributed by atoms with van der Waals surface area (Å²) in [6.07, 6.45) is -2.84. The van der Waals surface area contributed by atoms with Crippen LogP contribution >= 0.6 is 0 Å². The third-order valence-electron chi connectivity index (χ3n) is 2.99. The molecule has 17 heavy (non-hydrogen) atoms. The van der Waals surface area contributed by atoms with Crippen molar-refractivity contribution in [1.82, 2.24) is 15.5 Å². The highest BCUT2D eigenvalue weighted by molar-refractivity contribution is 5.74. The lowest BCUT2D eigenvalue weighted by atomic mass is 9.99. The number of amides is 2. The minimum Gasteiger partial charge on any atom is -0.335 e. The van der Waals surface area contributed by atoms with E-state index in [9.17, 15) is 18.0 Å². The molecule has 4 nitrogen and oxygen atoms in total. The van der Waals surface area contributed by atoms with E-state index >= 15 is 0 Å². The second-order valence-electron chi connectivity index (χ2n) is 4.49. The standard InChI is InChI=1S/C10H18F3N3O/c1-7-5-8(3-4-16(7)2)15-9(17)14-6-10(11,12)13/h7-8H,3-6H2,1-2H3,(H2,14,15,17). The van der Waals surface area contributed by atoms with Crippen LogP contribution in [0.2, 0.25) is 0 Å². The molecule has 1 rings (SSSR count). The molecule has 7 heteroatoms. The molecule has 2 unspecified atom stereocenters. The van der Waals surface area contributed by atoms with Gasteiger partial charge < -0.3 is 15.5 Å². The van der Waals surface area contributed by atoms with E-state index in [0.717, 1.165) is 19.4 Å². The summed E-state index contributed by atoms with van der Waals surface area (Å²) in [5.41, 5.74) is 0. The van der Waals surface area contributed by atoms with E-state index in [1.165, 1.54) is 0 Å². The largest absolute Gasteiger partial charge is 0.405 e. The van der Waals surface area contributed by atoms with Crippen molar-refractivity contribution in [3.63, 3.8) is 0 Å². The lowest BCUT2D eigenvalue weighted by Crippen LogP contribution is -2.51. The van der Waals surface area contributed by atoms with Crippen molar-refractivity contribution in [2.45, 2.75) is 38.0 Å². The van der Waals surface area contributed by atoms with Gasteiger partial charge in [0.05, 0.1) is 0 Å². The Hall–Kier alpha value is -0.980. The number of urea groups is 1. The smallest absolute Gasteiger partial charge is 0.335 e. The predicted octanol–water partition coefficient (Wildman–Crippen LogP) is 1.33. The first-order valence-corrected chi connectivity index (χ1v) is 5.59. The first kappa shape index (κ1) is 14.1. The Labute approximate surface area is 98.5 Å². The average molecular weight is 253 g/mol. The van der Waals surface area contributed by atoms with Crippen molar-refractivity contribution in [3.8, 4) is 0 Å². The normalized spacial score (nSPS) is 26.6. The van der Waals surface area contributed by atoms with Crippen molar-refractivity contribution in [2.24, 2.45) is 0 Å². The first-order valence-electron chi connectivity index (χ1n) is 5.59. The first-order chi connectivity index (χ1) is 7.78. The molecule has 0 radical (unpaired) electrons. The van der Waals surface area contributed by atoms with Gasteiger partial charge in [0.2, 0.25) is 0 Å². The molecule has 0 aliphatic carbocycles. The minimum atomic E-state index is -4.36. The van der Waals surface area contributed by atoms with Gasteiger partial charge in [-0.25, -0.2) is 4.79 Å². The van der Waals surface area contributed by atoms with Crippen LogP contribution in [0.25, 0.3) is 0 Å². The Morgan fingerprint density at radius 1 is 1.47 bits per heavy atom. The number of nitrogens with zero attached hydrogens (tertiary/aromatic N) is 1. The molecule has 1 heterocycles. The second-order valence-corrected chi connectivity index (χ2v) is 4.49. The van der Waals surface area contributed by atoms with E-state index in [1.807, 2.05) is 19.3 Å². The van der Waals surface area contributed by atoms with Crippen molar-refractivity contribution in [3.05, 3.63) is 0 Å². The summed E-state index contributed by atoms with van der Waals surface area (Å²) >= 11 is 0. The van der Waals surface area contributed by atoms with E-state index in [2.05, 4.69) is 10.2 Å². The van der Waals surface area contributed by atoms with Gasteiger partial charge in [-0.05, 0) is 26.8 Å². The molecule has 2 amide bonds. The summed E-state index contributed by atoms with van der Waals surface area (Å²) in [5, 5.41) is 4.37. The van der Waals surface area contributed by atoms with Crippen LogP contribution in [0, 0.1) is 0 Å². The molecule has 0 aromatic heterocycles. The molecular formula is C10H18F3N3O. The summed E-state index contributed by atoms with van der Waals surface area (Å²) in [5.74, 6) is 0. The van der Waals surface area contributed by atoms with Gasteiger partial charge in [0.15, 0.2) is 0 Å². The van der Waals surface area contributed by atoms with Crippen LogP contribution in [0.5, 0.6) is 0 Å². The van der Waals surface area contributed by atoms with Gasteiger partial charge in [-0.1, -0.05) is 0 Å². The van der Waals surface area contributed by atoms with Crippen LogP contribution in [-0.2, 0) is 0 Å². The molecular weight excluding hydrogens is 235 g/mol. The Morgan fingerprint density at radius 2 is 2.12 bits per heavy atom. The number of nitrogens with one attached hydrogen (secondary N) is 2. The van der Waals surface area contributed by atoms with E-state index in [1.54, 1.807) is 0 Å². The maximum atomic E-state index is 11.9. The molecule has 0 spiro atoms. The molecule has 2 atom stereocenters. The number of hydrogen-bond donors (Lipinski definition) is 2. The monoisotopic (exact) mass is 253 g/mol. The van der Waals surface area contributed by atoms with Gasteiger partial charge in [-0.2, -0.15) is 13.2 Å². The van der Waals surface area contributed by atoms with E-state index in [-0.39, 0.29) is 6.04 Å². The topological polar surface area (TPSA) is 44.4 Å². The highest BCUT2D eigenvalue weighted by Crippen LogP contribution is 2.15. The zero-order valence-corrected chi connectivity index (χ0v) is 9.97. The van der Waals surface area contributed by atoms with Crippen LogP contribution in [0.1, 0.15) is 19.8 Å². The Morgan fingerprint density at radius 3 is 2.65 bits per heavy atom. The van der Waals surface area contributed by atoms with Gasteiger partial charge in [0.25, 0.3) is 0 Å². The summed E-state index contributed by atoms with van der Waals surface area (Å²) in [4.78, 5) is 13.4. The summed E-state index contributed by atoms with van der Waals surface area (Å²) in [7, 11) is 1.99. The minimum absolute atomic E-state index is 0.0468. The van der Waals surface area contributed by atoms with Gasteiger partial charge >= 0.3 is 12.2 Å². The highest BCUT2D eigenvalue weighted by Gasteiger charge is 2.29. The summed E-state index contributed by atoms with van der Waals surface area (Å²) < 4.78 is 35.6. The number of carbonyl (C=O) groups is 1. The van der Waals surface area contributed by atoms with E-state index < -0.39 is 18.8 Å². The molecule has 1 aliphatic rings. The second kappa shape index (κ2) is 5.57. The molecule has 1 saturated heterocycles. The predicted molar refractivity (Wildman–Crippen MR) is 57.7 cm³/mol. The van der Waals surface area contributed by atoms with Crippen LogP contribution < -0.4 is 10.6 Å². The Balaban J connectivity index is 2.27. The maximum Gasteiger partial charge on any atom is 0.405 e. The Bertz CT molecular complexity index is 270. The molecule has 100 valence electrons. The third-order valence-corrected chi connectivity index (χ3v) is 2.99. The van der Waals surface area contributed by atoms with Crippen LogP contribution in [-0.4, -0.2) is 49.3 Å².